The minimum Gasteiger partial charge on any atom is -0.550 e. The van der Waals surface area contributed by atoms with Crippen molar-refractivity contribution >= 4 is 31.9 Å². The Bertz CT molecular complexity index is 430. The molecule has 0 aliphatic heterocycles. The van der Waals surface area contributed by atoms with Crippen LogP contribution in [0, 0.1) is 0 Å². The van der Waals surface area contributed by atoms with Gasteiger partial charge in [-0.1, -0.05) is 0 Å². The third-order valence-electron chi connectivity index (χ3n) is 1.26. The van der Waals surface area contributed by atoms with Crippen molar-refractivity contribution in [3.63, 3.8) is 0 Å². The molecule has 0 rings (SSSR count). The van der Waals surface area contributed by atoms with Crippen LogP contribution in [0.5, 0.6) is 0 Å². The molecule has 7 N–H and O–H groups in total. The van der Waals surface area contributed by atoms with Crippen LogP contribution in [0.15, 0.2) is 0 Å². The summed E-state index contributed by atoms with van der Waals surface area (Å²) in [5.41, 5.74) is -2.91. The van der Waals surface area contributed by atoms with Crippen LogP contribution in [-0.4, -0.2) is 64.8 Å². The number of aliphatic hydroxyl groups is 1. The summed E-state index contributed by atoms with van der Waals surface area (Å²) in [5.74, 6) is -5.67. The van der Waals surface area contributed by atoms with Crippen LogP contribution < -0.4 is 69.3 Å². The molecule has 0 fully saturated rings. The number of hydrogen-bond acceptors (Lipinski definition) is 8. The molecule has 0 radical (unpaired) electrons. The van der Waals surface area contributed by atoms with E-state index >= 15 is 0 Å². The quantitative estimate of drug-likeness (QED) is 0.168. The first-order valence-corrected chi connectivity index (χ1v) is 6.13. The number of carbonyl (C=O) groups excluding carboxylic acids is 2. The molecular formula is C7H11Na2O14P. The van der Waals surface area contributed by atoms with Crippen LogP contribution in [-0.2, 0) is 18.9 Å². The van der Waals surface area contributed by atoms with Crippen LogP contribution in [0.1, 0.15) is 12.8 Å². The van der Waals surface area contributed by atoms with E-state index in [9.17, 15) is 24.6 Å². The molecule has 0 amide bonds. The van der Waals surface area contributed by atoms with E-state index in [4.69, 9.17) is 44.5 Å². The van der Waals surface area contributed by atoms with Crippen molar-refractivity contribution in [1.82, 2.24) is 0 Å². The molecule has 0 aliphatic rings. The average Bonchev–Trinajstić information content (AvgIpc) is 2.09. The summed E-state index contributed by atoms with van der Waals surface area (Å²) in [6, 6.07) is 0. The predicted octanol–water partition coefficient (Wildman–Crippen LogP) is -10.6. The Morgan fingerprint density at radius 2 is 1.12 bits per heavy atom. The number of aliphatic carboxylic acids is 3. The molecule has 0 saturated carbocycles. The zero-order valence-corrected chi connectivity index (χ0v) is 17.2. The Kier molecular flexibility index (Phi) is 23.6. The summed E-state index contributed by atoms with van der Waals surface area (Å²) in [6.45, 7) is 0. The molecule has 0 bridgehead atoms. The zero-order chi connectivity index (χ0) is 18.7. The van der Waals surface area contributed by atoms with Crippen molar-refractivity contribution in [2.24, 2.45) is 0 Å². The molecule has 1 unspecified atom stereocenters. The van der Waals surface area contributed by atoms with Gasteiger partial charge >= 0.3 is 79.1 Å². The smallest absolute Gasteiger partial charge is 0.550 e. The molecular weight excluding hydrogens is 385 g/mol. The van der Waals surface area contributed by atoms with Crippen LogP contribution in [0.3, 0.4) is 0 Å². The van der Waals surface area contributed by atoms with Gasteiger partial charge in [-0.05, 0) is 0 Å². The Balaban J connectivity index is -0.0000000919. The van der Waals surface area contributed by atoms with Crippen molar-refractivity contribution < 1.29 is 128 Å². The first-order chi connectivity index (χ1) is 9.51. The topological polar surface area (TPSA) is 273 Å². The molecule has 0 spiro atoms. The number of phosphoric acid groups is 1. The monoisotopic (exact) mass is 396 g/mol. The molecule has 0 aromatic rings. The summed E-state index contributed by atoms with van der Waals surface area (Å²) in [6.07, 6.45) is -4.40. The van der Waals surface area contributed by atoms with Gasteiger partial charge in [0.15, 0.2) is 0 Å². The van der Waals surface area contributed by atoms with E-state index in [1.165, 1.54) is 0 Å². The van der Waals surface area contributed by atoms with Crippen molar-refractivity contribution in [3.8, 4) is 0 Å². The normalized spacial score (nSPS) is 11.3. The SMILES string of the molecule is O=C(O)O.O=C([O-])CC(O)(CC(=O)O)C(=O)[O-].O=P(O)(O)O.[Na+].[Na+]. The first-order valence-electron chi connectivity index (χ1n) is 4.57. The number of carboxylic acids is 3. The van der Waals surface area contributed by atoms with Gasteiger partial charge in [0.25, 0.3) is 0 Å². The molecule has 0 aliphatic carbocycles. The van der Waals surface area contributed by atoms with Crippen LogP contribution in [0.4, 0.5) is 4.79 Å². The number of carboxylic acid groups (broad SMARTS) is 5. The van der Waals surface area contributed by atoms with Crippen molar-refractivity contribution in [2.45, 2.75) is 18.4 Å². The van der Waals surface area contributed by atoms with Crippen molar-refractivity contribution in [1.29, 1.82) is 0 Å². The zero-order valence-electron chi connectivity index (χ0n) is 12.3. The number of carbonyl (C=O) groups is 4. The minimum absolute atomic E-state index is 0. The van der Waals surface area contributed by atoms with Gasteiger partial charge in [0.05, 0.1) is 12.4 Å². The van der Waals surface area contributed by atoms with Gasteiger partial charge in [0.1, 0.15) is 5.60 Å². The largest absolute Gasteiger partial charge is 1.00 e. The summed E-state index contributed by atoms with van der Waals surface area (Å²) in [5, 5.41) is 51.2. The fourth-order valence-electron chi connectivity index (χ4n) is 0.696. The molecule has 0 aromatic heterocycles. The fourth-order valence-corrected chi connectivity index (χ4v) is 0.696. The molecule has 0 saturated heterocycles. The average molecular weight is 396 g/mol. The fraction of sp³-hybridized carbons (Fsp3) is 0.429. The van der Waals surface area contributed by atoms with E-state index in [1.807, 2.05) is 0 Å². The van der Waals surface area contributed by atoms with E-state index in [0.29, 0.717) is 0 Å². The predicted molar refractivity (Wildman–Crippen MR) is 56.8 cm³/mol. The summed E-state index contributed by atoms with van der Waals surface area (Å²) < 4.78 is 8.88. The Hall–Kier alpha value is -0.250. The van der Waals surface area contributed by atoms with Gasteiger partial charge in [-0.3, -0.25) is 4.79 Å². The molecule has 130 valence electrons. The van der Waals surface area contributed by atoms with E-state index in [2.05, 4.69) is 0 Å². The second kappa shape index (κ2) is 16.2. The maximum Gasteiger partial charge on any atom is 1.00 e. The Morgan fingerprint density at radius 3 is 1.25 bits per heavy atom. The molecule has 0 heterocycles. The maximum atomic E-state index is 10.2. The maximum absolute atomic E-state index is 10.2. The Morgan fingerprint density at radius 1 is 0.875 bits per heavy atom. The van der Waals surface area contributed by atoms with Crippen LogP contribution in [0.2, 0.25) is 0 Å². The van der Waals surface area contributed by atoms with E-state index in [1.54, 1.807) is 0 Å². The summed E-state index contributed by atoms with van der Waals surface area (Å²) >= 11 is 0. The minimum atomic E-state index is -4.64. The van der Waals surface area contributed by atoms with Gasteiger partial charge in [0, 0.05) is 12.4 Å². The van der Waals surface area contributed by atoms with E-state index < -0.39 is 50.3 Å². The van der Waals surface area contributed by atoms with Crippen LogP contribution >= 0.6 is 7.82 Å². The second-order valence-electron chi connectivity index (χ2n) is 3.23. The number of rotatable bonds is 5. The third kappa shape index (κ3) is 37.8. The van der Waals surface area contributed by atoms with Crippen LogP contribution in [0.25, 0.3) is 0 Å². The van der Waals surface area contributed by atoms with Gasteiger partial charge < -0.3 is 54.9 Å². The summed E-state index contributed by atoms with van der Waals surface area (Å²) in [4.78, 5) is 60.3. The van der Waals surface area contributed by atoms with Gasteiger partial charge in [-0.25, -0.2) is 9.36 Å². The van der Waals surface area contributed by atoms with E-state index in [-0.39, 0.29) is 59.1 Å². The van der Waals surface area contributed by atoms with Crippen molar-refractivity contribution in [3.05, 3.63) is 0 Å². The molecule has 24 heavy (non-hydrogen) atoms. The Labute approximate surface area is 177 Å². The van der Waals surface area contributed by atoms with Gasteiger partial charge in [0.2, 0.25) is 0 Å². The number of hydrogen-bond donors (Lipinski definition) is 7. The first kappa shape index (κ1) is 35.0. The molecule has 0 aromatic carbocycles. The summed E-state index contributed by atoms with van der Waals surface area (Å²) in [7, 11) is -4.64. The molecule has 17 heteroatoms. The molecule has 14 nitrogen and oxygen atoms in total. The standard InChI is InChI=1S/C6H8O7.CH2O3.2Na.H3O4P/c7-3(8)1-6(13,5(11)12)2-4(9)10;2-1(3)4;;;1-5(2,3)4/h13H,1-2H2,(H,7,8)(H,9,10)(H,11,12);(H2,2,3,4);;;(H3,1,2,3,4)/q;;2*+1;/p-2. The van der Waals surface area contributed by atoms with Gasteiger partial charge in [-0.15, -0.1) is 0 Å². The van der Waals surface area contributed by atoms with E-state index in [0.717, 1.165) is 0 Å². The van der Waals surface area contributed by atoms with Crippen molar-refractivity contribution in [2.75, 3.05) is 0 Å². The third-order valence-corrected chi connectivity index (χ3v) is 1.26. The second-order valence-corrected chi connectivity index (χ2v) is 4.26. The van der Waals surface area contributed by atoms with Gasteiger partial charge in [-0.2, -0.15) is 0 Å². The molecule has 1 atom stereocenters.